The van der Waals surface area contributed by atoms with Crippen molar-refractivity contribution in [1.29, 1.82) is 0 Å². The maximum atomic E-state index is 12.1. The fourth-order valence-electron chi connectivity index (χ4n) is 1.88. The van der Waals surface area contributed by atoms with Gasteiger partial charge in [0, 0.05) is 18.0 Å². The molecule has 0 radical (unpaired) electrons. The average Bonchev–Trinajstić information content (AvgIpc) is 3.07. The maximum absolute atomic E-state index is 12.1. The molecule has 0 amide bonds. The van der Waals surface area contributed by atoms with Crippen LogP contribution in [0.5, 0.6) is 0 Å². The van der Waals surface area contributed by atoms with Gasteiger partial charge < -0.3 is 4.42 Å². The summed E-state index contributed by atoms with van der Waals surface area (Å²) < 4.78 is 31.2. The van der Waals surface area contributed by atoms with E-state index in [0.717, 1.165) is 12.0 Å². The van der Waals surface area contributed by atoms with Gasteiger partial charge in [-0.3, -0.25) is 0 Å². The molecular formula is C14H20N2O3S2. The summed E-state index contributed by atoms with van der Waals surface area (Å²) in [6, 6.07) is 1.93. The van der Waals surface area contributed by atoms with Gasteiger partial charge in [-0.05, 0) is 24.8 Å². The molecule has 0 N–H and O–H groups in total. The molecular weight excluding hydrogens is 308 g/mol. The number of aromatic nitrogens is 1. The number of hydrogen-bond acceptors (Lipinski definition) is 5. The molecule has 0 saturated carbocycles. The molecule has 0 bridgehead atoms. The summed E-state index contributed by atoms with van der Waals surface area (Å²) in [5.41, 5.74) is 1.59. The van der Waals surface area contributed by atoms with Gasteiger partial charge in [-0.15, -0.1) is 0 Å². The second-order valence-corrected chi connectivity index (χ2v) is 7.93. The minimum absolute atomic E-state index is 0.175. The van der Waals surface area contributed by atoms with Gasteiger partial charge in [0.05, 0.1) is 18.0 Å². The number of thiophene rings is 1. The van der Waals surface area contributed by atoms with Gasteiger partial charge in [0.25, 0.3) is 0 Å². The van der Waals surface area contributed by atoms with Crippen molar-refractivity contribution in [1.82, 2.24) is 9.29 Å². The van der Waals surface area contributed by atoms with E-state index in [1.54, 1.807) is 18.4 Å². The first kappa shape index (κ1) is 16.2. The number of nitrogens with zero attached hydrogens (tertiary/aromatic N) is 2. The normalized spacial score (nSPS) is 12.2. The van der Waals surface area contributed by atoms with Crippen molar-refractivity contribution in [3.63, 3.8) is 0 Å². The topological polar surface area (TPSA) is 63.4 Å². The van der Waals surface area contributed by atoms with Gasteiger partial charge in [0.1, 0.15) is 5.76 Å². The Hall–Kier alpha value is -1.18. The van der Waals surface area contributed by atoms with Crippen LogP contribution in [-0.4, -0.2) is 30.5 Å². The van der Waals surface area contributed by atoms with E-state index in [2.05, 4.69) is 4.98 Å². The lowest BCUT2D eigenvalue weighted by Gasteiger charge is -2.15. The van der Waals surface area contributed by atoms with Crippen LogP contribution in [0, 0.1) is 6.92 Å². The summed E-state index contributed by atoms with van der Waals surface area (Å²) in [5.74, 6) is 1.38. The molecule has 0 aliphatic rings. The number of rotatable bonds is 7. The molecule has 2 heterocycles. The Balaban J connectivity index is 2.13. The first-order chi connectivity index (χ1) is 9.94. The van der Waals surface area contributed by atoms with Gasteiger partial charge in [0.2, 0.25) is 15.9 Å². The van der Waals surface area contributed by atoms with Gasteiger partial charge in [-0.1, -0.05) is 13.3 Å². The van der Waals surface area contributed by atoms with Crippen molar-refractivity contribution in [2.75, 3.05) is 12.8 Å². The highest BCUT2D eigenvalue weighted by Gasteiger charge is 2.21. The van der Waals surface area contributed by atoms with Gasteiger partial charge in [-0.2, -0.15) is 15.6 Å². The SMILES string of the molecule is CCCCS(=O)(=O)N(C)Cc1nc(-c2ccsc2)oc1C. The summed E-state index contributed by atoms with van der Waals surface area (Å²) in [4.78, 5) is 4.42. The first-order valence-electron chi connectivity index (χ1n) is 6.87. The predicted molar refractivity (Wildman–Crippen MR) is 84.7 cm³/mol. The van der Waals surface area contributed by atoms with Crippen LogP contribution in [0.1, 0.15) is 31.2 Å². The summed E-state index contributed by atoms with van der Waals surface area (Å²) in [6.07, 6.45) is 1.53. The highest BCUT2D eigenvalue weighted by Crippen LogP contribution is 2.24. The van der Waals surface area contributed by atoms with Crippen molar-refractivity contribution in [3.8, 4) is 11.5 Å². The first-order valence-corrected chi connectivity index (χ1v) is 9.42. The van der Waals surface area contributed by atoms with Crippen molar-refractivity contribution >= 4 is 21.4 Å². The molecule has 0 aliphatic heterocycles. The third-order valence-electron chi connectivity index (χ3n) is 3.26. The smallest absolute Gasteiger partial charge is 0.227 e. The zero-order valence-corrected chi connectivity index (χ0v) is 14.1. The van der Waals surface area contributed by atoms with Crippen molar-refractivity contribution in [3.05, 3.63) is 28.3 Å². The van der Waals surface area contributed by atoms with Crippen LogP contribution >= 0.6 is 11.3 Å². The minimum atomic E-state index is -3.23. The fraction of sp³-hybridized carbons (Fsp3) is 0.500. The van der Waals surface area contributed by atoms with Crippen LogP contribution in [0.25, 0.3) is 11.5 Å². The number of sulfonamides is 1. The van der Waals surface area contributed by atoms with Crippen molar-refractivity contribution in [2.45, 2.75) is 33.2 Å². The Labute approximate surface area is 129 Å². The lowest BCUT2D eigenvalue weighted by atomic mass is 10.3. The second-order valence-electron chi connectivity index (χ2n) is 4.96. The van der Waals surface area contributed by atoms with Gasteiger partial charge in [0.15, 0.2) is 0 Å². The lowest BCUT2D eigenvalue weighted by molar-refractivity contribution is 0.456. The Morgan fingerprint density at radius 1 is 1.43 bits per heavy atom. The Morgan fingerprint density at radius 3 is 2.81 bits per heavy atom. The van der Waals surface area contributed by atoms with Gasteiger partial charge in [-0.25, -0.2) is 13.4 Å². The van der Waals surface area contributed by atoms with Gasteiger partial charge >= 0.3 is 0 Å². The predicted octanol–water partition coefficient (Wildman–Crippen LogP) is 3.27. The molecule has 0 aromatic carbocycles. The zero-order valence-electron chi connectivity index (χ0n) is 12.5. The van der Waals surface area contributed by atoms with E-state index in [1.807, 2.05) is 30.7 Å². The highest BCUT2D eigenvalue weighted by molar-refractivity contribution is 7.89. The van der Waals surface area contributed by atoms with E-state index in [0.29, 0.717) is 23.8 Å². The molecule has 0 saturated heterocycles. The molecule has 0 atom stereocenters. The van der Waals surface area contributed by atoms with E-state index in [9.17, 15) is 8.42 Å². The Kier molecular flexibility index (Phi) is 5.18. The molecule has 2 aromatic heterocycles. The number of unbranched alkanes of at least 4 members (excludes halogenated alkanes) is 1. The summed E-state index contributed by atoms with van der Waals surface area (Å²) >= 11 is 1.57. The Bertz CT molecular complexity index is 675. The van der Waals surface area contributed by atoms with Crippen LogP contribution in [0.4, 0.5) is 0 Å². The van der Waals surface area contributed by atoms with E-state index >= 15 is 0 Å². The zero-order chi connectivity index (χ0) is 15.5. The van der Waals surface area contributed by atoms with Crippen LogP contribution in [0.2, 0.25) is 0 Å². The number of hydrogen-bond donors (Lipinski definition) is 0. The molecule has 0 fully saturated rings. The Morgan fingerprint density at radius 2 is 2.19 bits per heavy atom. The maximum Gasteiger partial charge on any atom is 0.227 e. The van der Waals surface area contributed by atoms with Crippen molar-refractivity contribution < 1.29 is 12.8 Å². The summed E-state index contributed by atoms with van der Waals surface area (Å²) in [7, 11) is -1.64. The fourth-order valence-corrected chi connectivity index (χ4v) is 3.79. The van der Waals surface area contributed by atoms with E-state index < -0.39 is 10.0 Å². The largest absolute Gasteiger partial charge is 0.441 e. The average molecular weight is 328 g/mol. The lowest BCUT2D eigenvalue weighted by Crippen LogP contribution is -2.29. The third kappa shape index (κ3) is 3.93. The quantitative estimate of drug-likeness (QED) is 0.782. The molecule has 7 heteroatoms. The molecule has 0 spiro atoms. The van der Waals surface area contributed by atoms with Crippen LogP contribution in [0.3, 0.4) is 0 Å². The summed E-state index contributed by atoms with van der Waals surface area (Å²) in [6.45, 7) is 4.03. The third-order valence-corrected chi connectivity index (χ3v) is 5.83. The molecule has 0 unspecified atom stereocenters. The minimum Gasteiger partial charge on any atom is -0.441 e. The van der Waals surface area contributed by atoms with Crippen molar-refractivity contribution in [2.24, 2.45) is 0 Å². The molecule has 5 nitrogen and oxygen atoms in total. The van der Waals surface area contributed by atoms with Crippen LogP contribution in [-0.2, 0) is 16.6 Å². The second kappa shape index (κ2) is 6.72. The number of oxazole rings is 1. The number of aryl methyl sites for hydroxylation is 1. The molecule has 2 rings (SSSR count). The van der Waals surface area contributed by atoms with Crippen LogP contribution < -0.4 is 0 Å². The summed E-state index contributed by atoms with van der Waals surface area (Å²) in [5, 5.41) is 3.91. The monoisotopic (exact) mass is 328 g/mol. The molecule has 21 heavy (non-hydrogen) atoms. The molecule has 116 valence electrons. The molecule has 0 aliphatic carbocycles. The van der Waals surface area contributed by atoms with E-state index in [-0.39, 0.29) is 12.3 Å². The van der Waals surface area contributed by atoms with Crippen LogP contribution in [0.15, 0.2) is 21.2 Å². The van der Waals surface area contributed by atoms with E-state index in [4.69, 9.17) is 4.42 Å². The molecule has 2 aromatic rings. The van der Waals surface area contributed by atoms with E-state index in [1.165, 1.54) is 4.31 Å². The standard InChI is InChI=1S/C14H20N2O3S2/c1-4-5-8-21(17,18)16(3)9-13-11(2)19-14(15-13)12-6-7-20-10-12/h6-7,10H,4-5,8-9H2,1-3H3. The highest BCUT2D eigenvalue weighted by atomic mass is 32.2.